The monoisotopic (exact) mass is 603 g/mol. The second kappa shape index (κ2) is 11.0. The maximum atomic E-state index is 14.0. The maximum Gasteiger partial charge on any atom is 0.427 e. The van der Waals surface area contributed by atoms with Gasteiger partial charge in [0.15, 0.2) is 11.6 Å². The molecule has 1 fully saturated rings. The molecule has 2 aromatic carbocycles. The van der Waals surface area contributed by atoms with Crippen molar-refractivity contribution in [2.75, 3.05) is 18.0 Å². The van der Waals surface area contributed by atoms with Crippen LogP contribution in [0.3, 0.4) is 0 Å². The highest BCUT2D eigenvalue weighted by atomic mass is 32.2. The van der Waals surface area contributed by atoms with E-state index in [4.69, 9.17) is 9.47 Å². The van der Waals surface area contributed by atoms with Crippen molar-refractivity contribution in [3.63, 3.8) is 0 Å². The summed E-state index contributed by atoms with van der Waals surface area (Å²) >= 11 is 0. The number of alkyl halides is 3. The van der Waals surface area contributed by atoms with Crippen molar-refractivity contribution < 1.29 is 54.9 Å². The zero-order valence-corrected chi connectivity index (χ0v) is 23.2. The Kier molecular flexibility index (Phi) is 8.18. The van der Waals surface area contributed by atoms with E-state index >= 15 is 0 Å². The molecule has 2 aliphatic rings. The maximum absolute atomic E-state index is 14.0. The smallest absolute Gasteiger partial charge is 0.427 e. The minimum absolute atomic E-state index is 0.0248. The second-order valence-corrected chi connectivity index (χ2v) is 12.4. The molecule has 9 nitrogen and oxygen atoms in total. The summed E-state index contributed by atoms with van der Waals surface area (Å²) in [5.41, 5.74) is -2.62. The van der Waals surface area contributed by atoms with Crippen molar-refractivity contribution >= 4 is 27.6 Å². The van der Waals surface area contributed by atoms with Gasteiger partial charge in [-0.25, -0.2) is 12.8 Å². The van der Waals surface area contributed by atoms with Gasteiger partial charge in [-0.3, -0.25) is 13.9 Å². The highest BCUT2D eigenvalue weighted by Crippen LogP contribution is 2.43. The minimum atomic E-state index is -4.81. The number of carboxylic acid groups (broad SMARTS) is 1. The van der Waals surface area contributed by atoms with Gasteiger partial charge in [-0.15, -0.1) is 0 Å². The SMILES string of the molecule is COc1cc(S(=O)(=O)N2C[C@H](C[C@H](C(=O)O)C3CC3)Oc3ccc(CC(=O)OC(C)(C)C(F)(F)F)cc32)ccc1F. The molecule has 0 amide bonds. The summed E-state index contributed by atoms with van der Waals surface area (Å²) in [4.78, 5) is 23.9. The summed E-state index contributed by atoms with van der Waals surface area (Å²) in [6.45, 7) is 1.12. The highest BCUT2D eigenvalue weighted by molar-refractivity contribution is 7.92. The van der Waals surface area contributed by atoms with Crippen LogP contribution in [0.4, 0.5) is 23.2 Å². The first kappa shape index (κ1) is 30.4. The number of halogens is 4. The summed E-state index contributed by atoms with van der Waals surface area (Å²) in [6, 6.07) is 6.99. The molecule has 2 aromatic rings. The van der Waals surface area contributed by atoms with Crippen molar-refractivity contribution in [2.24, 2.45) is 11.8 Å². The van der Waals surface area contributed by atoms with Gasteiger partial charge in [0.25, 0.3) is 10.0 Å². The number of carbonyl (C=O) groups excluding carboxylic acids is 1. The van der Waals surface area contributed by atoms with Crippen molar-refractivity contribution in [3.8, 4) is 11.5 Å². The molecule has 0 radical (unpaired) electrons. The number of fused-ring (bicyclic) bond motifs is 1. The Balaban J connectivity index is 1.69. The molecule has 4 rings (SSSR count). The van der Waals surface area contributed by atoms with Crippen molar-refractivity contribution in [1.82, 2.24) is 0 Å². The van der Waals surface area contributed by atoms with Crippen LogP contribution in [0, 0.1) is 17.7 Å². The molecule has 14 heteroatoms. The fourth-order valence-corrected chi connectivity index (χ4v) is 6.08. The molecule has 1 N–H and O–H groups in total. The Hall–Kier alpha value is -3.55. The summed E-state index contributed by atoms with van der Waals surface area (Å²) in [5.74, 6) is -4.04. The van der Waals surface area contributed by atoms with Gasteiger partial charge in [-0.2, -0.15) is 13.2 Å². The lowest BCUT2D eigenvalue weighted by Crippen LogP contribution is -2.45. The van der Waals surface area contributed by atoms with Crippen LogP contribution in [-0.4, -0.2) is 57.0 Å². The zero-order chi connectivity index (χ0) is 30.3. The average Bonchev–Trinajstić information content (AvgIpc) is 3.71. The molecule has 0 bridgehead atoms. The van der Waals surface area contributed by atoms with E-state index in [0.717, 1.165) is 35.3 Å². The van der Waals surface area contributed by atoms with Crippen LogP contribution in [0.5, 0.6) is 11.5 Å². The van der Waals surface area contributed by atoms with Crippen LogP contribution in [-0.2, 0) is 30.8 Å². The zero-order valence-electron chi connectivity index (χ0n) is 22.4. The number of methoxy groups -OCH3 is 1. The average molecular weight is 604 g/mol. The molecule has 0 saturated heterocycles. The Morgan fingerprint density at radius 1 is 1.15 bits per heavy atom. The molecular formula is C27H29F4NO8S. The Morgan fingerprint density at radius 3 is 2.41 bits per heavy atom. The number of esters is 1. The summed E-state index contributed by atoms with van der Waals surface area (Å²) in [5, 5.41) is 9.70. The lowest BCUT2D eigenvalue weighted by Gasteiger charge is -2.36. The van der Waals surface area contributed by atoms with Crippen LogP contribution in [0.15, 0.2) is 41.3 Å². The molecule has 224 valence electrons. The summed E-state index contributed by atoms with van der Waals surface area (Å²) in [7, 11) is -3.25. The molecule has 1 aliphatic heterocycles. The quantitative estimate of drug-likeness (QED) is 0.306. The number of nitrogens with zero attached hydrogens (tertiary/aromatic N) is 1. The van der Waals surface area contributed by atoms with E-state index in [2.05, 4.69) is 4.74 Å². The number of ether oxygens (including phenoxy) is 3. The predicted molar refractivity (Wildman–Crippen MR) is 137 cm³/mol. The van der Waals surface area contributed by atoms with Gasteiger partial charge < -0.3 is 19.3 Å². The predicted octanol–water partition coefficient (Wildman–Crippen LogP) is 4.72. The van der Waals surface area contributed by atoms with Crippen LogP contribution in [0.1, 0.15) is 38.7 Å². The first-order chi connectivity index (χ1) is 19.0. The third kappa shape index (κ3) is 6.52. The fraction of sp³-hybridized carbons (Fsp3) is 0.481. The van der Waals surface area contributed by atoms with Crippen LogP contribution in [0.2, 0.25) is 0 Å². The summed E-state index contributed by atoms with van der Waals surface area (Å²) in [6.07, 6.45) is -4.76. The number of hydrogen-bond donors (Lipinski definition) is 1. The van der Waals surface area contributed by atoms with Gasteiger partial charge in [-0.1, -0.05) is 6.07 Å². The number of carboxylic acids is 1. The standard InChI is InChI=1S/C27H29F4NO8S/c1-26(2,27(29,30)31)40-24(33)11-15-4-9-22-21(10-15)32(14-17(39-22)12-19(25(34)35)16-5-6-16)41(36,37)18-7-8-20(28)23(13-18)38-3/h4,7-10,13,16-17,19H,5-6,11-12,14H2,1-3H3,(H,34,35)/t17-,19-/m0/s1. The molecule has 1 saturated carbocycles. The molecule has 0 spiro atoms. The molecule has 41 heavy (non-hydrogen) atoms. The number of carbonyl (C=O) groups is 2. The highest BCUT2D eigenvalue weighted by Gasteiger charge is 2.51. The second-order valence-electron chi connectivity index (χ2n) is 10.6. The first-order valence-electron chi connectivity index (χ1n) is 12.7. The Bertz CT molecular complexity index is 1440. The van der Waals surface area contributed by atoms with E-state index < -0.39 is 58.0 Å². The van der Waals surface area contributed by atoms with Crippen molar-refractivity contribution in [2.45, 2.75) is 62.3 Å². The third-order valence-corrected chi connectivity index (χ3v) is 8.87. The van der Waals surface area contributed by atoms with Crippen molar-refractivity contribution in [3.05, 3.63) is 47.8 Å². The number of sulfonamides is 1. The number of benzene rings is 2. The normalized spacial score (nSPS) is 18.2. The van der Waals surface area contributed by atoms with E-state index in [-0.39, 0.29) is 46.5 Å². The Labute approximate surface area is 234 Å². The molecule has 1 heterocycles. The van der Waals surface area contributed by atoms with E-state index in [1.807, 2.05) is 0 Å². The largest absolute Gasteiger partial charge is 0.494 e. The number of anilines is 1. The van der Waals surface area contributed by atoms with Crippen LogP contribution < -0.4 is 13.8 Å². The van der Waals surface area contributed by atoms with Crippen LogP contribution >= 0.6 is 0 Å². The lowest BCUT2D eigenvalue weighted by atomic mass is 9.95. The van der Waals surface area contributed by atoms with E-state index in [0.29, 0.717) is 13.8 Å². The van der Waals surface area contributed by atoms with Gasteiger partial charge in [0.2, 0.25) is 5.60 Å². The molecule has 0 aromatic heterocycles. The van der Waals surface area contributed by atoms with Crippen molar-refractivity contribution in [1.29, 1.82) is 0 Å². The third-order valence-electron chi connectivity index (χ3n) is 7.09. The molecule has 1 aliphatic carbocycles. The number of aliphatic carboxylic acids is 1. The first-order valence-corrected chi connectivity index (χ1v) is 14.1. The lowest BCUT2D eigenvalue weighted by molar-refractivity contribution is -0.257. The van der Waals surface area contributed by atoms with Gasteiger partial charge in [0.1, 0.15) is 11.9 Å². The Morgan fingerprint density at radius 2 is 1.83 bits per heavy atom. The molecular weight excluding hydrogens is 574 g/mol. The van der Waals surface area contributed by atoms with E-state index in [9.17, 15) is 40.7 Å². The van der Waals surface area contributed by atoms with E-state index in [1.165, 1.54) is 25.3 Å². The van der Waals surface area contributed by atoms with E-state index in [1.54, 1.807) is 0 Å². The molecule has 2 atom stereocenters. The van der Waals surface area contributed by atoms with Gasteiger partial charge in [-0.05, 0) is 68.9 Å². The number of hydrogen-bond acceptors (Lipinski definition) is 7. The topological polar surface area (TPSA) is 119 Å². The van der Waals surface area contributed by atoms with Crippen LogP contribution in [0.25, 0.3) is 0 Å². The fourth-order valence-electron chi connectivity index (χ4n) is 4.57. The molecule has 0 unspecified atom stereocenters. The van der Waals surface area contributed by atoms with Gasteiger partial charge in [0, 0.05) is 6.07 Å². The number of rotatable bonds is 10. The minimum Gasteiger partial charge on any atom is -0.494 e. The summed E-state index contributed by atoms with van der Waals surface area (Å²) < 4.78 is 97.7. The van der Waals surface area contributed by atoms with Gasteiger partial charge >= 0.3 is 18.1 Å². The van der Waals surface area contributed by atoms with Gasteiger partial charge in [0.05, 0.1) is 36.6 Å².